The molecule has 9 heteroatoms. The van der Waals surface area contributed by atoms with Crippen LogP contribution in [0.3, 0.4) is 0 Å². The van der Waals surface area contributed by atoms with Crippen molar-refractivity contribution in [1.82, 2.24) is 4.90 Å². The van der Waals surface area contributed by atoms with Crippen molar-refractivity contribution in [1.29, 1.82) is 0 Å². The first kappa shape index (κ1) is 22.8. The van der Waals surface area contributed by atoms with E-state index in [-0.39, 0.29) is 17.9 Å². The number of benzene rings is 1. The molecule has 0 radical (unpaired) electrons. The molecule has 0 bridgehead atoms. The molecule has 168 valence electrons. The Labute approximate surface area is 176 Å². The number of sulfone groups is 1. The van der Waals surface area contributed by atoms with Gasteiger partial charge in [-0.1, -0.05) is 0 Å². The lowest BCUT2D eigenvalue weighted by Crippen LogP contribution is -2.40. The summed E-state index contributed by atoms with van der Waals surface area (Å²) in [4.78, 5) is 12.8. The monoisotopic (exact) mass is 445 g/mol. The van der Waals surface area contributed by atoms with E-state index in [1.165, 1.54) is 0 Å². The van der Waals surface area contributed by atoms with Gasteiger partial charge < -0.3 is 14.4 Å². The van der Waals surface area contributed by atoms with Gasteiger partial charge in [0.1, 0.15) is 22.3 Å². The highest BCUT2D eigenvalue weighted by Gasteiger charge is 2.43. The third-order valence-electron chi connectivity index (χ3n) is 5.82. The standard InChI is InChI=1S/C21H29F2NO5S/c1-13(2)29-21(25)24-7-4-14(5-8-24)17-10-15(17)6-9-28-16-11-18(22)20(19(23)12-16)30(3,26)27/h11-15,17H,4-10H2,1-3H3/t15?,17-/m1/s1. The SMILES string of the molecule is CC(C)OC(=O)N1CCC([C@H]2CC2CCOc2cc(F)c(S(C)(=O)=O)c(F)c2)CC1. The average molecular weight is 446 g/mol. The van der Waals surface area contributed by atoms with Crippen molar-refractivity contribution >= 4 is 15.9 Å². The van der Waals surface area contributed by atoms with E-state index in [2.05, 4.69) is 0 Å². The first-order valence-corrected chi connectivity index (χ1v) is 12.2. The minimum Gasteiger partial charge on any atom is -0.493 e. The van der Waals surface area contributed by atoms with Crippen molar-refractivity contribution < 1.29 is 31.5 Å². The maximum atomic E-state index is 13.9. The Balaban J connectivity index is 1.42. The summed E-state index contributed by atoms with van der Waals surface area (Å²) >= 11 is 0. The van der Waals surface area contributed by atoms with Crippen molar-refractivity contribution in [3.63, 3.8) is 0 Å². The lowest BCUT2D eigenvalue weighted by molar-refractivity contribution is 0.0633. The number of hydrogen-bond acceptors (Lipinski definition) is 5. The zero-order valence-corrected chi connectivity index (χ0v) is 18.4. The van der Waals surface area contributed by atoms with Crippen LogP contribution in [-0.2, 0) is 14.6 Å². The fourth-order valence-corrected chi connectivity index (χ4v) is 5.10. The maximum Gasteiger partial charge on any atom is 0.410 e. The number of carbonyl (C=O) groups excluding carboxylic acids is 1. The first-order chi connectivity index (χ1) is 14.1. The molecule has 2 atom stereocenters. The van der Waals surface area contributed by atoms with E-state index in [9.17, 15) is 22.0 Å². The van der Waals surface area contributed by atoms with E-state index in [1.54, 1.807) is 4.90 Å². The van der Waals surface area contributed by atoms with Crippen molar-refractivity contribution in [2.75, 3.05) is 26.0 Å². The molecule has 1 saturated heterocycles. The van der Waals surface area contributed by atoms with E-state index < -0.39 is 26.4 Å². The van der Waals surface area contributed by atoms with Gasteiger partial charge in [0.25, 0.3) is 0 Å². The van der Waals surface area contributed by atoms with Crippen LogP contribution in [0.15, 0.2) is 17.0 Å². The Morgan fingerprint density at radius 3 is 2.33 bits per heavy atom. The van der Waals surface area contributed by atoms with Crippen LogP contribution in [0.5, 0.6) is 5.75 Å². The molecule has 1 aliphatic carbocycles. The summed E-state index contributed by atoms with van der Waals surface area (Å²) < 4.78 is 61.4. The van der Waals surface area contributed by atoms with Crippen LogP contribution in [0.1, 0.15) is 39.5 Å². The summed E-state index contributed by atoms with van der Waals surface area (Å²) in [5.74, 6) is -0.611. The van der Waals surface area contributed by atoms with Crippen molar-refractivity contribution in [2.24, 2.45) is 17.8 Å². The first-order valence-electron chi connectivity index (χ1n) is 10.3. The predicted molar refractivity (Wildman–Crippen MR) is 107 cm³/mol. The number of likely N-dealkylation sites (tertiary alicyclic amines) is 1. The quantitative estimate of drug-likeness (QED) is 0.634. The number of amides is 1. The second-order valence-electron chi connectivity index (χ2n) is 8.54. The minimum atomic E-state index is -3.98. The summed E-state index contributed by atoms with van der Waals surface area (Å²) in [6, 6.07) is 1.83. The molecule has 2 aliphatic rings. The Bertz CT molecular complexity index is 858. The predicted octanol–water partition coefficient (Wildman–Crippen LogP) is 4.03. The fourth-order valence-electron chi connectivity index (χ4n) is 4.27. The maximum absolute atomic E-state index is 13.9. The van der Waals surface area contributed by atoms with Gasteiger partial charge >= 0.3 is 6.09 Å². The molecule has 3 rings (SSSR count). The van der Waals surface area contributed by atoms with Crippen LogP contribution in [0.4, 0.5) is 13.6 Å². The van der Waals surface area contributed by atoms with Crippen molar-refractivity contribution in [3.05, 3.63) is 23.8 Å². The Morgan fingerprint density at radius 2 is 1.80 bits per heavy atom. The summed E-state index contributed by atoms with van der Waals surface area (Å²) in [5, 5.41) is 0. The van der Waals surface area contributed by atoms with Gasteiger partial charge in [0, 0.05) is 31.5 Å². The molecule has 1 aliphatic heterocycles. The molecule has 6 nitrogen and oxygen atoms in total. The number of ether oxygens (including phenoxy) is 2. The number of piperidine rings is 1. The highest BCUT2D eigenvalue weighted by Crippen LogP contribution is 2.49. The number of hydrogen-bond donors (Lipinski definition) is 0. The highest BCUT2D eigenvalue weighted by atomic mass is 32.2. The average Bonchev–Trinajstić information content (AvgIpc) is 3.39. The molecule has 30 heavy (non-hydrogen) atoms. The van der Waals surface area contributed by atoms with Gasteiger partial charge in [-0.2, -0.15) is 0 Å². The van der Waals surface area contributed by atoms with E-state index in [0.717, 1.165) is 44.1 Å². The molecule has 1 heterocycles. The molecule has 1 aromatic carbocycles. The van der Waals surface area contributed by atoms with Crippen LogP contribution >= 0.6 is 0 Å². The molecule has 0 N–H and O–H groups in total. The summed E-state index contributed by atoms with van der Waals surface area (Å²) in [7, 11) is -3.98. The summed E-state index contributed by atoms with van der Waals surface area (Å²) in [5.41, 5.74) is 0. The van der Waals surface area contributed by atoms with Crippen molar-refractivity contribution in [3.8, 4) is 5.75 Å². The molecular weight excluding hydrogens is 416 g/mol. The molecular formula is C21H29F2NO5S. The van der Waals surface area contributed by atoms with Gasteiger partial charge in [0.05, 0.1) is 12.7 Å². The molecule has 1 unspecified atom stereocenters. The fraction of sp³-hybridized carbons (Fsp3) is 0.667. The van der Waals surface area contributed by atoms with Gasteiger partial charge in [-0.15, -0.1) is 0 Å². The Morgan fingerprint density at radius 1 is 1.20 bits per heavy atom. The summed E-state index contributed by atoms with van der Waals surface area (Å²) in [6.45, 7) is 5.41. The van der Waals surface area contributed by atoms with Crippen LogP contribution < -0.4 is 4.74 Å². The minimum absolute atomic E-state index is 0.00780. The van der Waals surface area contributed by atoms with Gasteiger partial charge in [-0.05, 0) is 57.3 Å². The number of rotatable bonds is 7. The molecule has 1 amide bonds. The van der Waals surface area contributed by atoms with E-state index in [1.807, 2.05) is 13.8 Å². The number of halogens is 2. The lowest BCUT2D eigenvalue weighted by atomic mass is 9.91. The van der Waals surface area contributed by atoms with Crippen LogP contribution in [0.25, 0.3) is 0 Å². The molecule has 2 fully saturated rings. The molecule has 1 aromatic rings. The van der Waals surface area contributed by atoms with Gasteiger partial charge in [0.15, 0.2) is 9.84 Å². The van der Waals surface area contributed by atoms with Crippen molar-refractivity contribution in [2.45, 2.75) is 50.5 Å². The van der Waals surface area contributed by atoms with Crippen LogP contribution in [0.2, 0.25) is 0 Å². The Kier molecular flexibility index (Phi) is 6.89. The topological polar surface area (TPSA) is 72.9 Å². The third kappa shape index (κ3) is 5.62. The van der Waals surface area contributed by atoms with Gasteiger partial charge in [0.2, 0.25) is 0 Å². The van der Waals surface area contributed by atoms with Crippen LogP contribution in [0, 0.1) is 29.4 Å². The molecule has 0 aromatic heterocycles. The molecule has 1 saturated carbocycles. The molecule has 0 spiro atoms. The second kappa shape index (κ2) is 9.08. The summed E-state index contributed by atoms with van der Waals surface area (Å²) in [6.07, 6.45) is 4.19. The Hall–Kier alpha value is -1.90. The van der Waals surface area contributed by atoms with E-state index in [4.69, 9.17) is 9.47 Å². The number of carbonyl (C=O) groups is 1. The zero-order valence-electron chi connectivity index (χ0n) is 17.6. The lowest BCUT2D eigenvalue weighted by Gasteiger charge is -2.32. The third-order valence-corrected chi connectivity index (χ3v) is 6.95. The van der Waals surface area contributed by atoms with E-state index >= 15 is 0 Å². The zero-order chi connectivity index (χ0) is 22.1. The normalized spacial score (nSPS) is 22.3. The number of nitrogens with zero attached hydrogens (tertiary/aromatic N) is 1. The van der Waals surface area contributed by atoms with E-state index in [0.29, 0.717) is 37.5 Å². The van der Waals surface area contributed by atoms with Gasteiger partial charge in [-0.3, -0.25) is 0 Å². The van der Waals surface area contributed by atoms with Gasteiger partial charge in [-0.25, -0.2) is 22.0 Å². The second-order valence-corrected chi connectivity index (χ2v) is 10.5. The highest BCUT2D eigenvalue weighted by molar-refractivity contribution is 7.90. The smallest absolute Gasteiger partial charge is 0.410 e. The largest absolute Gasteiger partial charge is 0.493 e. The van der Waals surface area contributed by atoms with Crippen LogP contribution in [-0.4, -0.2) is 51.5 Å².